The highest BCUT2D eigenvalue weighted by Crippen LogP contribution is 2.54. The Morgan fingerprint density at radius 2 is 1.73 bits per heavy atom. The molecule has 4 N–H and O–H groups in total. The second-order valence-electron chi connectivity index (χ2n) is 25.9. The van der Waals surface area contributed by atoms with E-state index >= 15 is 4.39 Å². The van der Waals surface area contributed by atoms with Crippen LogP contribution in [0, 0.1) is 27.3 Å². The molecule has 3 aliphatic carbocycles. The topological polar surface area (TPSA) is 208 Å². The number of piperidine rings is 1. The number of ether oxygens (including phenoxy) is 3. The third kappa shape index (κ3) is 11.4. The minimum atomic E-state index is -4.70. The zero-order valence-corrected chi connectivity index (χ0v) is 49.8. The van der Waals surface area contributed by atoms with Crippen molar-refractivity contribution in [2.45, 2.75) is 145 Å². The van der Waals surface area contributed by atoms with Gasteiger partial charge in [-0.2, -0.15) is 4.98 Å². The van der Waals surface area contributed by atoms with Gasteiger partial charge in [-0.05, 0) is 165 Å². The van der Waals surface area contributed by atoms with Crippen molar-refractivity contribution in [3.63, 3.8) is 0 Å². The van der Waals surface area contributed by atoms with Crippen molar-refractivity contribution in [1.29, 1.82) is 0 Å². The number of H-pyrrole nitrogens is 1. The highest BCUT2D eigenvalue weighted by molar-refractivity contribution is 7.90. The van der Waals surface area contributed by atoms with E-state index in [4.69, 9.17) is 19.2 Å². The number of nitro groups is 1. The summed E-state index contributed by atoms with van der Waals surface area (Å²) in [7, 11) is -2.91. The number of aliphatic hydroxyl groups is 1. The number of halogens is 1. The number of rotatable bonds is 16. The molecule has 1 amide bonds. The first-order valence-electron chi connectivity index (χ1n) is 30.6. The van der Waals surface area contributed by atoms with Crippen LogP contribution in [0.4, 0.5) is 32.8 Å². The van der Waals surface area contributed by atoms with Gasteiger partial charge in [0.1, 0.15) is 34.7 Å². The Hall–Kier alpha value is -6.84. The molecule has 20 heteroatoms. The number of nitrogens with zero attached hydrogens (tertiary/aromatic N) is 6. The molecule has 0 unspecified atom stereocenters. The monoisotopic (exact) mass is 1180 g/mol. The molecule has 85 heavy (non-hydrogen) atoms. The number of hydrogen-bond donors (Lipinski definition) is 4. The molecular weight excluding hydrogens is 1100 g/mol. The van der Waals surface area contributed by atoms with Gasteiger partial charge in [0.05, 0.1) is 51.8 Å². The van der Waals surface area contributed by atoms with E-state index in [9.17, 15) is 28.4 Å². The van der Waals surface area contributed by atoms with Gasteiger partial charge in [0.25, 0.3) is 21.6 Å². The van der Waals surface area contributed by atoms with Crippen LogP contribution >= 0.6 is 0 Å². The lowest BCUT2D eigenvalue weighted by atomic mass is 9.59. The van der Waals surface area contributed by atoms with Gasteiger partial charge in [-0.1, -0.05) is 50.2 Å². The van der Waals surface area contributed by atoms with Crippen molar-refractivity contribution in [2.24, 2.45) is 11.3 Å². The molecule has 3 atom stereocenters. The fourth-order valence-corrected chi connectivity index (χ4v) is 15.8. The normalized spacial score (nSPS) is 24.6. The fourth-order valence-electron chi connectivity index (χ4n) is 14.8. The number of pyridine rings is 1. The number of nitrogens with one attached hydrogen (secondary N) is 3. The molecule has 450 valence electrons. The van der Waals surface area contributed by atoms with Gasteiger partial charge in [-0.25, -0.2) is 17.5 Å². The molecule has 7 aliphatic rings. The van der Waals surface area contributed by atoms with Gasteiger partial charge in [-0.3, -0.25) is 24.7 Å². The molecule has 1 spiro atoms. The number of hydrogen-bond acceptors (Lipinski definition) is 15. The second-order valence-corrected chi connectivity index (χ2v) is 27.6. The van der Waals surface area contributed by atoms with Crippen LogP contribution < -0.4 is 29.3 Å². The number of anilines is 4. The maximum absolute atomic E-state index is 15.5. The lowest BCUT2D eigenvalue weighted by Gasteiger charge is -2.58. The quantitative estimate of drug-likeness (QED) is 0.0525. The number of aromatic amines is 1. The summed E-state index contributed by atoms with van der Waals surface area (Å²) in [5.74, 6) is 0.941. The number of methoxy groups -OCH3 is 1. The Labute approximate surface area is 496 Å². The molecule has 2 aromatic heterocycles. The number of piperazine rings is 1. The summed E-state index contributed by atoms with van der Waals surface area (Å²) in [6, 6.07) is 26.8. The number of amides is 1. The molecule has 13 rings (SSSR count). The summed E-state index contributed by atoms with van der Waals surface area (Å²) >= 11 is 0. The summed E-state index contributed by atoms with van der Waals surface area (Å²) in [5, 5.41) is 26.3. The first-order valence-corrected chi connectivity index (χ1v) is 32.1. The zero-order valence-electron chi connectivity index (χ0n) is 49.0. The summed E-state index contributed by atoms with van der Waals surface area (Å²) in [4.78, 5) is 43.5. The minimum absolute atomic E-state index is 0.0227. The van der Waals surface area contributed by atoms with Crippen LogP contribution in [0.25, 0.3) is 11.0 Å². The van der Waals surface area contributed by atoms with E-state index in [2.05, 4.69) is 86.0 Å². The number of carbonyl (C=O) groups is 1. The van der Waals surface area contributed by atoms with Crippen molar-refractivity contribution in [3.8, 4) is 11.6 Å². The molecule has 6 aromatic rings. The average molecular weight is 1180 g/mol. The van der Waals surface area contributed by atoms with Crippen LogP contribution in [0.15, 0.2) is 96.0 Å². The number of benzene rings is 4. The largest absolute Gasteiger partial charge is 0.496 e. The third-order valence-corrected chi connectivity index (χ3v) is 21.2. The molecule has 4 aromatic carbocycles. The molecule has 6 fully saturated rings. The molecule has 3 saturated carbocycles. The lowest BCUT2D eigenvalue weighted by Crippen LogP contribution is -2.60. The molecule has 6 heterocycles. The van der Waals surface area contributed by atoms with Crippen molar-refractivity contribution in [2.75, 3.05) is 74.7 Å². The van der Waals surface area contributed by atoms with Gasteiger partial charge in [0, 0.05) is 82.5 Å². The van der Waals surface area contributed by atoms with Crippen molar-refractivity contribution < 1.29 is 41.8 Å². The van der Waals surface area contributed by atoms with Crippen LogP contribution in [0.1, 0.15) is 142 Å². The SMILES string of the molecule is COc1cc(CN2CCN(C3CC4(CCN(c5ccc(C(=O)NS(=O)(=O)c6ccc(NC[C@H]7CC[C@](C)(O)CC7)c([N+](=O)[O-])c6)c(N6c7cc8c(F)c[nH]c8nc7O[C@H]7COCC[C@@H]76)c5)CC4)C3)[C@H](c3ccccc3C(C)C)C2)ccc1C1CC1. The van der Waals surface area contributed by atoms with E-state index in [-0.39, 0.29) is 52.1 Å². The van der Waals surface area contributed by atoms with Crippen LogP contribution in [0.5, 0.6) is 11.6 Å². The summed E-state index contributed by atoms with van der Waals surface area (Å²) in [6.45, 7) is 12.7. The number of carbonyl (C=O) groups excluding carboxylic acids is 1. The Kier molecular flexibility index (Phi) is 15.3. The first kappa shape index (κ1) is 57.2. The summed E-state index contributed by atoms with van der Waals surface area (Å²) < 4.78 is 64.6. The van der Waals surface area contributed by atoms with Crippen molar-refractivity contribution in [3.05, 3.63) is 135 Å². The zero-order chi connectivity index (χ0) is 58.9. The van der Waals surface area contributed by atoms with Crippen molar-refractivity contribution in [1.82, 2.24) is 24.5 Å². The van der Waals surface area contributed by atoms with E-state index in [1.807, 2.05) is 24.0 Å². The molecular formula is C65H78FN9O9S. The van der Waals surface area contributed by atoms with Gasteiger partial charge in [0.15, 0.2) is 0 Å². The Bertz CT molecular complexity index is 3620. The average Bonchev–Trinajstić information content (AvgIpc) is 1.90. The Morgan fingerprint density at radius 3 is 2.48 bits per heavy atom. The highest BCUT2D eigenvalue weighted by Gasteiger charge is 2.51. The van der Waals surface area contributed by atoms with Crippen LogP contribution in [0.2, 0.25) is 0 Å². The predicted molar refractivity (Wildman–Crippen MR) is 324 cm³/mol. The maximum atomic E-state index is 15.5. The van der Waals surface area contributed by atoms with E-state index in [1.165, 1.54) is 53.4 Å². The molecule has 0 radical (unpaired) electrons. The first-order chi connectivity index (χ1) is 40.9. The summed E-state index contributed by atoms with van der Waals surface area (Å²) in [5.41, 5.74) is 6.53. The summed E-state index contributed by atoms with van der Waals surface area (Å²) in [6.07, 6.45) is 10.5. The van der Waals surface area contributed by atoms with E-state index in [1.54, 1.807) is 19.2 Å². The predicted octanol–water partition coefficient (Wildman–Crippen LogP) is 11.1. The van der Waals surface area contributed by atoms with Crippen LogP contribution in [-0.4, -0.2) is 128 Å². The molecule has 3 saturated heterocycles. The fraction of sp³-hybridized carbons (Fsp3) is 0.508. The number of nitro benzene ring substituents is 1. The van der Waals surface area contributed by atoms with Gasteiger partial charge in [-0.15, -0.1) is 0 Å². The minimum Gasteiger partial charge on any atom is -0.496 e. The number of fused-ring (bicyclic) bond motifs is 3. The van der Waals surface area contributed by atoms with E-state index in [0.717, 1.165) is 95.3 Å². The van der Waals surface area contributed by atoms with Gasteiger partial charge in [0.2, 0.25) is 5.88 Å². The van der Waals surface area contributed by atoms with E-state index in [0.29, 0.717) is 61.7 Å². The smallest absolute Gasteiger partial charge is 0.293 e. The maximum Gasteiger partial charge on any atom is 0.293 e. The van der Waals surface area contributed by atoms with Gasteiger partial charge < -0.3 is 39.4 Å². The van der Waals surface area contributed by atoms with Crippen LogP contribution in [0.3, 0.4) is 0 Å². The van der Waals surface area contributed by atoms with E-state index < -0.39 is 55.0 Å². The molecule has 4 aliphatic heterocycles. The van der Waals surface area contributed by atoms with Crippen LogP contribution in [-0.2, 0) is 21.3 Å². The number of aromatic nitrogens is 2. The van der Waals surface area contributed by atoms with Crippen molar-refractivity contribution >= 4 is 55.4 Å². The lowest BCUT2D eigenvalue weighted by molar-refractivity contribution is -0.384. The number of sulfonamides is 1. The van der Waals surface area contributed by atoms with Gasteiger partial charge >= 0.3 is 0 Å². The third-order valence-electron chi connectivity index (χ3n) is 19.8. The molecule has 0 bridgehead atoms. The Morgan fingerprint density at radius 1 is 0.941 bits per heavy atom. The molecule has 18 nitrogen and oxygen atoms in total. The Balaban J connectivity index is 0.757. The second kappa shape index (κ2) is 22.8. The highest BCUT2D eigenvalue weighted by atomic mass is 32.2. The standard InChI is InChI=1S/C65H78FN9O9S/c1-40(2)47-7-5-6-8-49(47)58-38-71(37-42-9-14-48(43-10-11-43)59(29-42)82-4)26-27-73(58)45-33-65(34-45)22-24-72(25-23-65)44-12-15-50(55(30-44)74-54-19-28-83-39-60(54)84-63-57(74)32-51-52(66)36-68-61(51)69-63)62(76)70-85(80,81)46-13-16-53(56(31-46)75(78)79)67-35-41-17-20-64(3,77)21-18-41/h5-9,12-16,29-32,36,40-41,43,45,54,58,60,67,77H,10-11,17-28,33-35,37-39H2,1-4H3,(H,68,69)(H,70,76)/t41-,54-,58-,60-,64-/m0/s1.